The zero-order valence-electron chi connectivity index (χ0n) is 10.6. The standard InChI is InChI=1S/C13H18O4/c1-8(6-13(14)15)10-7-11(16-3)9(2)5-12(10)17-4/h5,7-8H,6H2,1-4H3,(H,14,15). The number of methoxy groups -OCH3 is 2. The minimum Gasteiger partial charge on any atom is -0.496 e. The van der Waals surface area contributed by atoms with Crippen molar-refractivity contribution >= 4 is 5.97 Å². The van der Waals surface area contributed by atoms with E-state index in [4.69, 9.17) is 14.6 Å². The monoisotopic (exact) mass is 238 g/mol. The van der Waals surface area contributed by atoms with Crippen molar-refractivity contribution in [3.05, 3.63) is 23.3 Å². The molecule has 0 aromatic heterocycles. The van der Waals surface area contributed by atoms with E-state index in [1.807, 2.05) is 26.0 Å². The van der Waals surface area contributed by atoms with Crippen molar-refractivity contribution in [2.75, 3.05) is 14.2 Å². The van der Waals surface area contributed by atoms with Gasteiger partial charge in [-0.15, -0.1) is 0 Å². The van der Waals surface area contributed by atoms with Gasteiger partial charge in [-0.05, 0) is 30.5 Å². The van der Waals surface area contributed by atoms with Crippen LogP contribution < -0.4 is 9.47 Å². The van der Waals surface area contributed by atoms with E-state index in [1.54, 1.807) is 14.2 Å². The van der Waals surface area contributed by atoms with Crippen LogP contribution in [0, 0.1) is 6.92 Å². The third kappa shape index (κ3) is 3.12. The molecule has 17 heavy (non-hydrogen) atoms. The van der Waals surface area contributed by atoms with E-state index in [0.717, 1.165) is 16.9 Å². The summed E-state index contributed by atoms with van der Waals surface area (Å²) in [6.45, 7) is 3.79. The predicted octanol–water partition coefficient (Wildman–Crippen LogP) is 2.59. The maximum absolute atomic E-state index is 10.7. The van der Waals surface area contributed by atoms with E-state index in [9.17, 15) is 4.79 Å². The van der Waals surface area contributed by atoms with Gasteiger partial charge in [-0.3, -0.25) is 4.79 Å². The van der Waals surface area contributed by atoms with Crippen LogP contribution in [-0.4, -0.2) is 25.3 Å². The van der Waals surface area contributed by atoms with Gasteiger partial charge in [-0.1, -0.05) is 6.92 Å². The lowest BCUT2D eigenvalue weighted by Crippen LogP contribution is -2.05. The fraction of sp³-hybridized carbons (Fsp3) is 0.462. The predicted molar refractivity (Wildman–Crippen MR) is 65.0 cm³/mol. The Hall–Kier alpha value is -1.71. The van der Waals surface area contributed by atoms with E-state index in [1.165, 1.54) is 0 Å². The molecule has 0 radical (unpaired) electrons. The summed E-state index contributed by atoms with van der Waals surface area (Å²) in [4.78, 5) is 10.7. The molecule has 0 saturated carbocycles. The van der Waals surface area contributed by atoms with Gasteiger partial charge in [0.25, 0.3) is 0 Å². The Morgan fingerprint density at radius 2 is 1.88 bits per heavy atom. The van der Waals surface area contributed by atoms with Gasteiger partial charge < -0.3 is 14.6 Å². The first-order chi connectivity index (χ1) is 7.99. The molecule has 0 aliphatic rings. The molecule has 0 heterocycles. The molecule has 0 aliphatic heterocycles. The Balaban J connectivity index is 3.15. The fourth-order valence-corrected chi connectivity index (χ4v) is 1.83. The second-order valence-electron chi connectivity index (χ2n) is 4.06. The average Bonchev–Trinajstić information content (AvgIpc) is 2.27. The summed E-state index contributed by atoms with van der Waals surface area (Å²) in [5.41, 5.74) is 1.83. The van der Waals surface area contributed by atoms with Gasteiger partial charge >= 0.3 is 5.97 Å². The summed E-state index contributed by atoms with van der Waals surface area (Å²) >= 11 is 0. The van der Waals surface area contributed by atoms with Crippen LogP contribution in [0.2, 0.25) is 0 Å². The second-order valence-corrected chi connectivity index (χ2v) is 4.06. The minimum atomic E-state index is -0.820. The number of carboxylic acids is 1. The first-order valence-electron chi connectivity index (χ1n) is 5.44. The molecule has 1 aromatic carbocycles. The van der Waals surface area contributed by atoms with Crippen molar-refractivity contribution in [2.45, 2.75) is 26.2 Å². The Morgan fingerprint density at radius 3 is 2.35 bits per heavy atom. The fourth-order valence-electron chi connectivity index (χ4n) is 1.83. The SMILES string of the molecule is COc1cc(C(C)CC(=O)O)c(OC)cc1C. The zero-order chi connectivity index (χ0) is 13.0. The van der Waals surface area contributed by atoms with Crippen molar-refractivity contribution in [3.8, 4) is 11.5 Å². The minimum absolute atomic E-state index is 0.0720. The molecule has 1 N–H and O–H groups in total. The van der Waals surface area contributed by atoms with Crippen LogP contribution >= 0.6 is 0 Å². The second kappa shape index (κ2) is 5.57. The van der Waals surface area contributed by atoms with Crippen LogP contribution in [0.25, 0.3) is 0 Å². The first kappa shape index (κ1) is 13.4. The highest BCUT2D eigenvalue weighted by molar-refractivity contribution is 5.68. The van der Waals surface area contributed by atoms with E-state index >= 15 is 0 Å². The molecule has 0 spiro atoms. The lowest BCUT2D eigenvalue weighted by atomic mass is 9.95. The Morgan fingerprint density at radius 1 is 1.29 bits per heavy atom. The van der Waals surface area contributed by atoms with Crippen LogP contribution in [0.4, 0.5) is 0 Å². The van der Waals surface area contributed by atoms with E-state index in [-0.39, 0.29) is 12.3 Å². The highest BCUT2D eigenvalue weighted by atomic mass is 16.5. The van der Waals surface area contributed by atoms with Crippen LogP contribution in [0.1, 0.15) is 30.4 Å². The molecule has 4 nitrogen and oxygen atoms in total. The highest BCUT2D eigenvalue weighted by Gasteiger charge is 2.17. The van der Waals surface area contributed by atoms with Gasteiger partial charge in [-0.25, -0.2) is 0 Å². The van der Waals surface area contributed by atoms with Gasteiger partial charge in [-0.2, -0.15) is 0 Å². The molecule has 4 heteroatoms. The van der Waals surface area contributed by atoms with Crippen LogP contribution in [-0.2, 0) is 4.79 Å². The largest absolute Gasteiger partial charge is 0.496 e. The molecule has 0 bridgehead atoms. The Kier molecular flexibility index (Phi) is 4.37. The summed E-state index contributed by atoms with van der Waals surface area (Å²) in [5, 5.41) is 8.82. The normalized spacial score (nSPS) is 12.0. The van der Waals surface area contributed by atoms with Crippen molar-refractivity contribution in [3.63, 3.8) is 0 Å². The van der Waals surface area contributed by atoms with E-state index < -0.39 is 5.97 Å². The van der Waals surface area contributed by atoms with Crippen LogP contribution in [0.5, 0.6) is 11.5 Å². The molecular formula is C13H18O4. The molecule has 1 atom stereocenters. The summed E-state index contributed by atoms with van der Waals surface area (Å²) in [7, 11) is 3.18. The quantitative estimate of drug-likeness (QED) is 0.856. The molecule has 1 unspecified atom stereocenters. The zero-order valence-corrected chi connectivity index (χ0v) is 10.6. The van der Waals surface area contributed by atoms with E-state index in [0.29, 0.717) is 5.75 Å². The van der Waals surface area contributed by atoms with Crippen molar-refractivity contribution < 1.29 is 19.4 Å². The van der Waals surface area contributed by atoms with Crippen molar-refractivity contribution in [2.24, 2.45) is 0 Å². The molecule has 94 valence electrons. The number of ether oxygens (including phenoxy) is 2. The molecule has 0 aliphatic carbocycles. The third-order valence-electron chi connectivity index (χ3n) is 2.76. The maximum atomic E-state index is 10.7. The molecular weight excluding hydrogens is 220 g/mol. The smallest absolute Gasteiger partial charge is 0.303 e. The lowest BCUT2D eigenvalue weighted by Gasteiger charge is -2.17. The first-order valence-corrected chi connectivity index (χ1v) is 5.44. The van der Waals surface area contributed by atoms with Crippen LogP contribution in [0.3, 0.4) is 0 Å². The summed E-state index contributed by atoms with van der Waals surface area (Å²) in [6, 6.07) is 3.72. The Labute approximate surface area is 101 Å². The third-order valence-corrected chi connectivity index (χ3v) is 2.76. The van der Waals surface area contributed by atoms with E-state index in [2.05, 4.69) is 0 Å². The number of benzene rings is 1. The number of carbonyl (C=O) groups is 1. The summed E-state index contributed by atoms with van der Waals surface area (Å²) in [5.74, 6) is 0.520. The number of hydrogen-bond acceptors (Lipinski definition) is 3. The van der Waals surface area contributed by atoms with Gasteiger partial charge in [0.1, 0.15) is 11.5 Å². The maximum Gasteiger partial charge on any atom is 0.303 e. The lowest BCUT2D eigenvalue weighted by molar-refractivity contribution is -0.137. The Bertz CT molecular complexity index is 412. The summed E-state index contributed by atoms with van der Waals surface area (Å²) in [6.07, 6.45) is 0.0720. The molecule has 0 saturated heterocycles. The highest BCUT2D eigenvalue weighted by Crippen LogP contribution is 2.34. The number of aryl methyl sites for hydroxylation is 1. The number of carboxylic acid groups (broad SMARTS) is 1. The van der Waals surface area contributed by atoms with Gasteiger partial charge in [0.05, 0.1) is 20.6 Å². The molecule has 1 aromatic rings. The molecule has 0 fully saturated rings. The molecule has 0 amide bonds. The topological polar surface area (TPSA) is 55.8 Å². The van der Waals surface area contributed by atoms with Crippen LogP contribution in [0.15, 0.2) is 12.1 Å². The van der Waals surface area contributed by atoms with Crippen molar-refractivity contribution in [1.29, 1.82) is 0 Å². The number of rotatable bonds is 5. The van der Waals surface area contributed by atoms with Gasteiger partial charge in [0.2, 0.25) is 0 Å². The summed E-state index contributed by atoms with van der Waals surface area (Å²) < 4.78 is 10.5. The number of hydrogen-bond donors (Lipinski definition) is 1. The number of aliphatic carboxylic acids is 1. The van der Waals surface area contributed by atoms with Crippen molar-refractivity contribution in [1.82, 2.24) is 0 Å². The average molecular weight is 238 g/mol. The van der Waals surface area contributed by atoms with Gasteiger partial charge in [0.15, 0.2) is 0 Å². The molecule has 1 rings (SSSR count). The van der Waals surface area contributed by atoms with Gasteiger partial charge in [0, 0.05) is 5.56 Å².